The van der Waals surface area contributed by atoms with E-state index >= 15 is 0 Å². The van der Waals surface area contributed by atoms with Crippen molar-refractivity contribution < 1.29 is 18.0 Å². The van der Waals surface area contributed by atoms with Gasteiger partial charge < -0.3 is 10.6 Å². The van der Waals surface area contributed by atoms with Crippen molar-refractivity contribution in [3.8, 4) is 0 Å². The van der Waals surface area contributed by atoms with E-state index in [-0.39, 0.29) is 16.6 Å². The van der Waals surface area contributed by atoms with E-state index in [0.717, 1.165) is 67.8 Å². The van der Waals surface area contributed by atoms with Gasteiger partial charge in [-0.3, -0.25) is 9.89 Å². The van der Waals surface area contributed by atoms with Crippen molar-refractivity contribution in [1.29, 1.82) is 0 Å². The third-order valence-electron chi connectivity index (χ3n) is 5.72. The van der Waals surface area contributed by atoms with Crippen LogP contribution in [0, 0.1) is 5.92 Å². The SMILES string of the molecule is O=C(N[C@H]1CC[C@H](CNc2n[nH]c3c2CSC3)CC1)c1cc(C(F)(F)F)ccc1Cl. The van der Waals surface area contributed by atoms with E-state index in [4.69, 9.17) is 11.6 Å². The number of hydrogen-bond acceptors (Lipinski definition) is 4. The fourth-order valence-corrected chi connectivity index (χ4v) is 5.23. The zero-order chi connectivity index (χ0) is 21.3. The number of halogens is 4. The molecule has 1 saturated carbocycles. The van der Waals surface area contributed by atoms with E-state index in [1.54, 1.807) is 0 Å². The molecule has 162 valence electrons. The van der Waals surface area contributed by atoms with Gasteiger partial charge in [-0.2, -0.15) is 30.0 Å². The number of nitrogens with one attached hydrogen (secondary N) is 3. The monoisotopic (exact) mass is 458 g/mol. The van der Waals surface area contributed by atoms with E-state index in [0.29, 0.717) is 5.92 Å². The van der Waals surface area contributed by atoms with Crippen molar-refractivity contribution in [1.82, 2.24) is 15.5 Å². The smallest absolute Gasteiger partial charge is 0.368 e. The Bertz CT molecular complexity index is 925. The lowest BCUT2D eigenvalue weighted by Gasteiger charge is -2.29. The van der Waals surface area contributed by atoms with Gasteiger partial charge in [0.1, 0.15) is 0 Å². The van der Waals surface area contributed by atoms with Gasteiger partial charge in [0.2, 0.25) is 0 Å². The van der Waals surface area contributed by atoms with Crippen molar-refractivity contribution in [3.05, 3.63) is 45.6 Å². The molecule has 10 heteroatoms. The minimum atomic E-state index is -4.52. The molecule has 0 spiro atoms. The van der Waals surface area contributed by atoms with E-state index in [2.05, 4.69) is 20.8 Å². The first kappa shape index (κ1) is 21.4. The molecule has 4 rings (SSSR count). The lowest BCUT2D eigenvalue weighted by Crippen LogP contribution is -2.38. The fourth-order valence-electron chi connectivity index (χ4n) is 3.97. The van der Waals surface area contributed by atoms with Gasteiger partial charge in [-0.25, -0.2) is 0 Å². The number of rotatable bonds is 5. The molecule has 1 aliphatic heterocycles. The Balaban J connectivity index is 1.28. The molecule has 2 aromatic rings. The summed E-state index contributed by atoms with van der Waals surface area (Å²) in [5, 5.41) is 13.7. The van der Waals surface area contributed by atoms with Gasteiger partial charge in [0.15, 0.2) is 5.82 Å². The van der Waals surface area contributed by atoms with Crippen molar-refractivity contribution >= 4 is 35.1 Å². The van der Waals surface area contributed by atoms with Gasteiger partial charge in [0.05, 0.1) is 21.8 Å². The molecule has 0 unspecified atom stereocenters. The van der Waals surface area contributed by atoms with Crippen LogP contribution in [0.1, 0.15) is 52.9 Å². The van der Waals surface area contributed by atoms with Gasteiger partial charge in [0.25, 0.3) is 5.91 Å². The molecule has 2 heterocycles. The molecule has 1 aliphatic carbocycles. The van der Waals surface area contributed by atoms with Crippen LogP contribution in [0.2, 0.25) is 5.02 Å². The lowest BCUT2D eigenvalue weighted by atomic mass is 9.86. The maximum absolute atomic E-state index is 12.9. The predicted molar refractivity (Wildman–Crippen MR) is 112 cm³/mol. The minimum absolute atomic E-state index is 0.0167. The number of benzene rings is 1. The van der Waals surface area contributed by atoms with Crippen molar-refractivity contribution in [2.75, 3.05) is 11.9 Å². The molecule has 30 heavy (non-hydrogen) atoms. The molecule has 0 atom stereocenters. The average molecular weight is 459 g/mol. The number of H-pyrrole nitrogens is 1. The Morgan fingerprint density at radius 2 is 2.00 bits per heavy atom. The van der Waals surface area contributed by atoms with Gasteiger partial charge in [-0.05, 0) is 49.8 Å². The molecular weight excluding hydrogens is 437 g/mol. The summed E-state index contributed by atoms with van der Waals surface area (Å²) in [6, 6.07) is 2.75. The fraction of sp³-hybridized carbons (Fsp3) is 0.500. The third kappa shape index (κ3) is 4.72. The third-order valence-corrected chi connectivity index (χ3v) is 7.04. The van der Waals surface area contributed by atoms with E-state index in [1.807, 2.05) is 11.8 Å². The maximum atomic E-state index is 12.9. The Morgan fingerprint density at radius 1 is 1.23 bits per heavy atom. The molecule has 0 saturated heterocycles. The quantitative estimate of drug-likeness (QED) is 0.574. The van der Waals surface area contributed by atoms with Crippen LogP contribution < -0.4 is 10.6 Å². The second-order valence-electron chi connectivity index (χ2n) is 7.79. The number of fused-ring (bicyclic) bond motifs is 1. The number of aromatic nitrogens is 2. The Hall–Kier alpha value is -1.87. The number of thioether (sulfide) groups is 1. The molecule has 2 aliphatic rings. The highest BCUT2D eigenvalue weighted by atomic mass is 35.5. The lowest BCUT2D eigenvalue weighted by molar-refractivity contribution is -0.137. The zero-order valence-corrected chi connectivity index (χ0v) is 17.7. The number of aromatic amines is 1. The first-order valence-electron chi connectivity index (χ1n) is 9.86. The molecule has 0 radical (unpaired) electrons. The highest BCUT2D eigenvalue weighted by Crippen LogP contribution is 2.34. The van der Waals surface area contributed by atoms with Crippen molar-refractivity contribution in [2.24, 2.45) is 5.92 Å². The van der Waals surface area contributed by atoms with Crippen LogP contribution in [0.15, 0.2) is 18.2 Å². The minimum Gasteiger partial charge on any atom is -0.368 e. The highest BCUT2D eigenvalue weighted by Gasteiger charge is 2.32. The second kappa shape index (κ2) is 8.70. The normalized spacial score (nSPS) is 21.3. The number of nitrogens with zero attached hydrogens (tertiary/aromatic N) is 1. The summed E-state index contributed by atoms with van der Waals surface area (Å²) in [7, 11) is 0. The molecule has 1 fully saturated rings. The average Bonchev–Trinajstić information content (AvgIpc) is 3.31. The van der Waals surface area contributed by atoms with E-state index < -0.39 is 17.6 Å². The Labute approximate surface area is 181 Å². The van der Waals surface area contributed by atoms with Gasteiger partial charge in [-0.15, -0.1) is 0 Å². The molecule has 1 amide bonds. The molecule has 3 N–H and O–H groups in total. The molecule has 5 nitrogen and oxygen atoms in total. The van der Waals surface area contributed by atoms with Crippen LogP contribution >= 0.6 is 23.4 Å². The summed E-state index contributed by atoms with van der Waals surface area (Å²) in [6.45, 7) is 0.822. The van der Waals surface area contributed by atoms with Crippen LogP contribution in [-0.4, -0.2) is 28.7 Å². The van der Waals surface area contributed by atoms with Crippen molar-refractivity contribution in [3.63, 3.8) is 0 Å². The summed E-state index contributed by atoms with van der Waals surface area (Å²) < 4.78 is 38.8. The van der Waals surface area contributed by atoms with E-state index in [9.17, 15) is 18.0 Å². The number of amides is 1. The summed E-state index contributed by atoms with van der Waals surface area (Å²) >= 11 is 7.84. The number of carbonyl (C=O) groups is 1. The van der Waals surface area contributed by atoms with Crippen LogP contribution in [0.4, 0.5) is 19.0 Å². The van der Waals surface area contributed by atoms with Gasteiger partial charge in [0, 0.05) is 29.7 Å². The first-order valence-corrected chi connectivity index (χ1v) is 11.4. The first-order chi connectivity index (χ1) is 14.3. The van der Waals surface area contributed by atoms with Gasteiger partial charge in [-0.1, -0.05) is 11.6 Å². The number of hydrogen-bond donors (Lipinski definition) is 3. The molecule has 0 bridgehead atoms. The number of anilines is 1. The molecule has 1 aromatic carbocycles. The Morgan fingerprint density at radius 3 is 2.73 bits per heavy atom. The van der Waals surface area contributed by atoms with Crippen molar-refractivity contribution in [2.45, 2.75) is 49.4 Å². The summed E-state index contributed by atoms with van der Waals surface area (Å²) in [5.41, 5.74) is 1.44. The predicted octanol–water partition coefficient (Wildman–Crippen LogP) is 5.23. The summed E-state index contributed by atoms with van der Waals surface area (Å²) in [6.07, 6.45) is -1.10. The number of carbonyl (C=O) groups excluding carboxylic acids is 1. The van der Waals surface area contributed by atoms with Crippen LogP contribution in [0.25, 0.3) is 0 Å². The molecule has 1 aromatic heterocycles. The summed E-state index contributed by atoms with van der Waals surface area (Å²) in [5.74, 6) is 2.80. The number of alkyl halides is 3. The zero-order valence-electron chi connectivity index (χ0n) is 16.1. The van der Waals surface area contributed by atoms with Crippen LogP contribution in [-0.2, 0) is 17.7 Å². The summed E-state index contributed by atoms with van der Waals surface area (Å²) in [4.78, 5) is 12.5. The second-order valence-corrected chi connectivity index (χ2v) is 9.18. The van der Waals surface area contributed by atoms with Gasteiger partial charge >= 0.3 is 6.18 Å². The van der Waals surface area contributed by atoms with Crippen LogP contribution in [0.5, 0.6) is 0 Å². The van der Waals surface area contributed by atoms with Crippen LogP contribution in [0.3, 0.4) is 0 Å². The highest BCUT2D eigenvalue weighted by molar-refractivity contribution is 7.98. The maximum Gasteiger partial charge on any atom is 0.416 e. The molecular formula is C20H22ClF3N4OS. The largest absolute Gasteiger partial charge is 0.416 e. The topological polar surface area (TPSA) is 69.8 Å². The van der Waals surface area contributed by atoms with E-state index in [1.165, 1.54) is 11.3 Å². The standard InChI is InChI=1S/C20H22ClF3N4OS/c21-16-6-3-12(20(22,23)24)7-14(16)19(29)26-13-4-1-11(2-5-13)8-25-18-15-9-30-10-17(15)27-28-18/h3,6-7,11,13H,1-2,4-5,8-10H2,(H,26,29)(H2,25,27,28)/t11-,13-. The Kier molecular flexibility index (Phi) is 6.20.